The number of nitrogens with zero attached hydrogens (tertiary/aromatic N) is 4. The average Bonchev–Trinajstić information content (AvgIpc) is 3.06. The van der Waals surface area contributed by atoms with Crippen LogP contribution in [0.2, 0.25) is 0 Å². The molecule has 2 aliphatic heterocycles. The Morgan fingerprint density at radius 2 is 1.74 bits per heavy atom. The van der Waals surface area contributed by atoms with E-state index in [1.807, 2.05) is 0 Å². The van der Waals surface area contributed by atoms with Crippen molar-refractivity contribution in [2.75, 3.05) is 45.0 Å². The molecule has 1 aromatic carbocycles. The summed E-state index contributed by atoms with van der Waals surface area (Å²) in [6.07, 6.45) is 0. The summed E-state index contributed by atoms with van der Waals surface area (Å²) in [6, 6.07) is 4.72. The maximum absolute atomic E-state index is 12.7. The van der Waals surface area contributed by atoms with Crippen LogP contribution >= 0.6 is 11.8 Å². The summed E-state index contributed by atoms with van der Waals surface area (Å²) < 4.78 is 26.6. The molecular weight excluding hydrogens is 396 g/mol. The number of nitro groups is 1. The highest BCUT2D eigenvalue weighted by Crippen LogP contribution is 2.21. The third-order valence-corrected chi connectivity index (χ3v) is 7.25. The number of thioether (sulfide) groups is 1. The quantitative estimate of drug-likeness (QED) is 0.511. The van der Waals surface area contributed by atoms with Gasteiger partial charge in [-0.25, -0.2) is 8.42 Å². The Kier molecular flexibility index (Phi) is 5.67. The van der Waals surface area contributed by atoms with Gasteiger partial charge in [-0.15, -0.1) is 0 Å². The van der Waals surface area contributed by atoms with Gasteiger partial charge in [-0.2, -0.15) is 4.31 Å². The topological polar surface area (TPSA) is 121 Å². The van der Waals surface area contributed by atoms with E-state index in [4.69, 9.17) is 0 Å². The van der Waals surface area contributed by atoms with Gasteiger partial charge in [0.15, 0.2) is 0 Å². The van der Waals surface area contributed by atoms with Crippen LogP contribution in [0.1, 0.15) is 0 Å². The molecule has 0 spiro atoms. The maximum Gasteiger partial charge on any atom is 0.282 e. The lowest BCUT2D eigenvalue weighted by Crippen LogP contribution is -2.52. The predicted molar refractivity (Wildman–Crippen MR) is 97.9 cm³/mol. The number of sulfonamides is 1. The molecule has 27 heavy (non-hydrogen) atoms. The molecule has 0 aromatic heterocycles. The number of non-ortho nitro benzene ring substituents is 1. The van der Waals surface area contributed by atoms with Gasteiger partial charge >= 0.3 is 0 Å². The second-order valence-electron chi connectivity index (χ2n) is 6.07. The number of benzene rings is 1. The van der Waals surface area contributed by atoms with Gasteiger partial charge in [0.05, 0.1) is 9.82 Å². The molecular formula is C15H18N4O6S2. The predicted octanol–water partition coefficient (Wildman–Crippen LogP) is 0.596. The fourth-order valence-electron chi connectivity index (χ4n) is 2.90. The van der Waals surface area contributed by atoms with Gasteiger partial charge in [0.25, 0.3) is 10.9 Å². The zero-order chi connectivity index (χ0) is 19.6. The van der Waals surface area contributed by atoms with E-state index in [-0.39, 0.29) is 54.5 Å². The highest BCUT2D eigenvalue weighted by molar-refractivity contribution is 8.13. The monoisotopic (exact) mass is 414 g/mol. The highest BCUT2D eigenvalue weighted by Gasteiger charge is 2.32. The first-order chi connectivity index (χ1) is 12.8. The SMILES string of the molecule is O=C(CN1CCSC1=O)N1CCN(S(=O)(=O)c2ccc([N+](=O)[O-])cc2)CC1. The van der Waals surface area contributed by atoms with Crippen molar-refractivity contribution in [2.24, 2.45) is 0 Å². The van der Waals surface area contributed by atoms with Crippen LogP contribution in [0.25, 0.3) is 0 Å². The summed E-state index contributed by atoms with van der Waals surface area (Å²) in [5, 5.41) is 10.6. The van der Waals surface area contributed by atoms with Crippen LogP contribution in [0.4, 0.5) is 10.5 Å². The van der Waals surface area contributed by atoms with E-state index < -0.39 is 14.9 Å². The van der Waals surface area contributed by atoms with E-state index in [0.717, 1.165) is 12.1 Å². The van der Waals surface area contributed by atoms with Crippen LogP contribution in [-0.4, -0.2) is 83.6 Å². The Hall–Kier alpha value is -2.18. The van der Waals surface area contributed by atoms with Crippen LogP contribution in [0, 0.1) is 10.1 Å². The van der Waals surface area contributed by atoms with Crippen LogP contribution in [0.5, 0.6) is 0 Å². The maximum atomic E-state index is 12.7. The molecule has 3 rings (SSSR count). The zero-order valence-electron chi connectivity index (χ0n) is 14.3. The van der Waals surface area contributed by atoms with E-state index in [2.05, 4.69) is 0 Å². The van der Waals surface area contributed by atoms with E-state index in [9.17, 15) is 28.1 Å². The molecule has 12 heteroatoms. The Morgan fingerprint density at radius 1 is 1.11 bits per heavy atom. The second kappa shape index (κ2) is 7.82. The Morgan fingerprint density at radius 3 is 2.26 bits per heavy atom. The number of amides is 2. The Labute approximate surface area is 160 Å². The molecule has 0 bridgehead atoms. The first-order valence-corrected chi connectivity index (χ1v) is 10.7. The number of carbonyl (C=O) groups excluding carboxylic acids is 2. The number of hydrogen-bond acceptors (Lipinski definition) is 7. The summed E-state index contributed by atoms with van der Waals surface area (Å²) >= 11 is 1.18. The van der Waals surface area contributed by atoms with Crippen molar-refractivity contribution in [1.82, 2.24) is 14.1 Å². The summed E-state index contributed by atoms with van der Waals surface area (Å²) in [5.41, 5.74) is -0.181. The van der Waals surface area contributed by atoms with E-state index in [1.54, 1.807) is 4.90 Å². The Balaban J connectivity index is 1.59. The van der Waals surface area contributed by atoms with Crippen molar-refractivity contribution >= 4 is 38.6 Å². The molecule has 2 fully saturated rings. The van der Waals surface area contributed by atoms with Crippen molar-refractivity contribution in [2.45, 2.75) is 4.90 Å². The molecule has 0 aliphatic carbocycles. The molecule has 1 aromatic rings. The van der Waals surface area contributed by atoms with Gasteiger partial charge in [0, 0.05) is 50.6 Å². The van der Waals surface area contributed by atoms with Gasteiger partial charge in [-0.1, -0.05) is 11.8 Å². The summed E-state index contributed by atoms with van der Waals surface area (Å²) in [7, 11) is -3.78. The number of rotatable bonds is 5. The third kappa shape index (κ3) is 4.22. The van der Waals surface area contributed by atoms with Gasteiger partial charge in [0.1, 0.15) is 6.54 Å². The smallest absolute Gasteiger partial charge is 0.282 e. The molecule has 0 saturated carbocycles. The standard InChI is InChI=1S/C15H18N4O6S2/c20-14(11-17-9-10-26-15(17)21)16-5-7-18(8-6-16)27(24,25)13-3-1-12(2-4-13)19(22)23/h1-4H,5-11H2. The van der Waals surface area contributed by atoms with Crippen LogP contribution in [-0.2, 0) is 14.8 Å². The molecule has 0 atom stereocenters. The van der Waals surface area contributed by atoms with E-state index in [0.29, 0.717) is 12.3 Å². The number of piperazine rings is 1. The molecule has 2 aliphatic rings. The Bertz CT molecular complexity index is 850. The number of hydrogen-bond donors (Lipinski definition) is 0. The molecule has 2 heterocycles. The molecule has 2 amide bonds. The first kappa shape index (κ1) is 19.6. The van der Waals surface area contributed by atoms with E-state index in [1.165, 1.54) is 33.1 Å². The lowest BCUT2D eigenvalue weighted by atomic mass is 10.3. The van der Waals surface area contributed by atoms with Crippen molar-refractivity contribution < 1.29 is 22.9 Å². The summed E-state index contributed by atoms with van der Waals surface area (Å²) in [5.74, 6) is 0.478. The average molecular weight is 414 g/mol. The highest BCUT2D eigenvalue weighted by atomic mass is 32.2. The second-order valence-corrected chi connectivity index (χ2v) is 9.06. The van der Waals surface area contributed by atoms with Gasteiger partial charge < -0.3 is 9.80 Å². The molecule has 0 unspecified atom stereocenters. The van der Waals surface area contributed by atoms with Gasteiger partial charge in [-0.3, -0.25) is 19.7 Å². The fraction of sp³-hybridized carbons (Fsp3) is 0.467. The fourth-order valence-corrected chi connectivity index (χ4v) is 5.15. The normalized spacial score (nSPS) is 18.7. The van der Waals surface area contributed by atoms with Gasteiger partial charge in [0.2, 0.25) is 15.9 Å². The van der Waals surface area contributed by atoms with Crippen LogP contribution in [0.3, 0.4) is 0 Å². The molecule has 146 valence electrons. The minimum absolute atomic E-state index is 0.0148. The molecule has 0 radical (unpaired) electrons. The van der Waals surface area contributed by atoms with E-state index >= 15 is 0 Å². The number of nitro benzene ring substituents is 1. The largest absolute Gasteiger partial charge is 0.339 e. The van der Waals surface area contributed by atoms with Crippen molar-refractivity contribution in [3.8, 4) is 0 Å². The van der Waals surface area contributed by atoms with Crippen molar-refractivity contribution in [3.63, 3.8) is 0 Å². The van der Waals surface area contributed by atoms with Crippen LogP contribution in [0.15, 0.2) is 29.2 Å². The summed E-state index contributed by atoms with van der Waals surface area (Å²) in [6.45, 7) is 1.30. The summed E-state index contributed by atoms with van der Waals surface area (Å²) in [4.78, 5) is 37.0. The van der Waals surface area contributed by atoms with Crippen molar-refractivity contribution in [1.29, 1.82) is 0 Å². The lowest BCUT2D eigenvalue weighted by molar-refractivity contribution is -0.384. The molecule has 0 N–H and O–H groups in total. The lowest BCUT2D eigenvalue weighted by Gasteiger charge is -2.34. The minimum Gasteiger partial charge on any atom is -0.339 e. The minimum atomic E-state index is -3.78. The molecule has 10 nitrogen and oxygen atoms in total. The number of carbonyl (C=O) groups is 2. The zero-order valence-corrected chi connectivity index (χ0v) is 15.9. The van der Waals surface area contributed by atoms with Gasteiger partial charge in [-0.05, 0) is 12.1 Å². The third-order valence-electron chi connectivity index (χ3n) is 4.45. The first-order valence-electron chi connectivity index (χ1n) is 8.23. The van der Waals surface area contributed by atoms with Crippen LogP contribution < -0.4 is 0 Å². The van der Waals surface area contributed by atoms with Crippen molar-refractivity contribution in [3.05, 3.63) is 34.4 Å². The molecule has 2 saturated heterocycles.